The number of nitrogens with zero attached hydrogens (tertiary/aromatic N) is 1. The monoisotopic (exact) mass is 424 g/mol. The molecule has 1 aromatic rings. The summed E-state index contributed by atoms with van der Waals surface area (Å²) in [6, 6.07) is 2.73. The number of hydrogen-bond donors (Lipinski definition) is 2. The highest BCUT2D eigenvalue weighted by atomic mass is 79.9. The zero-order valence-electron chi connectivity index (χ0n) is 11.9. The van der Waals surface area contributed by atoms with Crippen LogP contribution >= 0.6 is 31.9 Å². The molecule has 0 amide bonds. The maximum atomic E-state index is 10.8. The van der Waals surface area contributed by atoms with E-state index in [0.717, 1.165) is 13.0 Å². The molecule has 0 aliphatic heterocycles. The topological polar surface area (TPSA) is 84.6 Å². The summed E-state index contributed by atoms with van der Waals surface area (Å²) < 4.78 is 6.51. The Morgan fingerprint density at radius 1 is 1.43 bits per heavy atom. The van der Waals surface area contributed by atoms with Crippen molar-refractivity contribution < 1.29 is 14.8 Å². The first-order valence-electron chi connectivity index (χ1n) is 6.46. The van der Waals surface area contributed by atoms with E-state index in [0.29, 0.717) is 21.2 Å². The van der Waals surface area contributed by atoms with E-state index in [1.54, 1.807) is 6.92 Å². The molecule has 0 spiro atoms. The molecule has 0 aliphatic carbocycles. The average molecular weight is 426 g/mol. The van der Waals surface area contributed by atoms with Crippen LogP contribution in [0, 0.1) is 10.1 Å². The fraction of sp³-hybridized carbons (Fsp3) is 0.538. The van der Waals surface area contributed by atoms with Gasteiger partial charge in [0.15, 0.2) is 0 Å². The highest BCUT2D eigenvalue weighted by Gasteiger charge is 2.23. The van der Waals surface area contributed by atoms with Crippen LogP contribution < -0.4 is 10.1 Å². The minimum absolute atomic E-state index is 0.0440. The number of nitro groups is 1. The highest BCUT2D eigenvalue weighted by molar-refractivity contribution is 9.11. The van der Waals surface area contributed by atoms with Crippen molar-refractivity contribution in [2.45, 2.75) is 25.9 Å². The van der Waals surface area contributed by atoms with E-state index in [1.165, 1.54) is 12.1 Å². The van der Waals surface area contributed by atoms with Crippen LogP contribution in [-0.2, 0) is 0 Å². The molecule has 118 valence electrons. The number of ether oxygens (including phenoxy) is 1. The van der Waals surface area contributed by atoms with Gasteiger partial charge in [-0.3, -0.25) is 10.1 Å². The van der Waals surface area contributed by atoms with Gasteiger partial charge in [-0.05, 0) is 51.7 Å². The van der Waals surface area contributed by atoms with Crippen molar-refractivity contribution in [3.8, 4) is 5.75 Å². The van der Waals surface area contributed by atoms with Crippen molar-refractivity contribution >= 4 is 37.5 Å². The zero-order chi connectivity index (χ0) is 16.0. The van der Waals surface area contributed by atoms with Gasteiger partial charge in [0.05, 0.1) is 13.9 Å². The third-order valence-corrected chi connectivity index (χ3v) is 3.83. The van der Waals surface area contributed by atoms with Crippen LogP contribution in [0.1, 0.15) is 20.3 Å². The van der Waals surface area contributed by atoms with Gasteiger partial charge in [0.2, 0.25) is 0 Å². The molecule has 0 saturated heterocycles. The summed E-state index contributed by atoms with van der Waals surface area (Å²) in [7, 11) is 0. The number of non-ortho nitro benzene ring substituents is 1. The largest absolute Gasteiger partial charge is 0.488 e. The van der Waals surface area contributed by atoms with Gasteiger partial charge in [-0.15, -0.1) is 0 Å². The summed E-state index contributed by atoms with van der Waals surface area (Å²) >= 11 is 6.48. The lowest BCUT2D eigenvalue weighted by Gasteiger charge is -2.24. The Morgan fingerprint density at radius 3 is 2.48 bits per heavy atom. The van der Waals surface area contributed by atoms with Gasteiger partial charge >= 0.3 is 0 Å². The average Bonchev–Trinajstić information content (AvgIpc) is 2.37. The predicted molar refractivity (Wildman–Crippen MR) is 87.8 cm³/mol. The molecule has 1 aromatic carbocycles. The van der Waals surface area contributed by atoms with Gasteiger partial charge in [0.25, 0.3) is 5.69 Å². The molecule has 6 nitrogen and oxygen atoms in total. The number of rotatable bonds is 8. The molecule has 1 atom stereocenters. The van der Waals surface area contributed by atoms with E-state index >= 15 is 0 Å². The molecule has 0 saturated carbocycles. The molecule has 0 bridgehead atoms. The Labute approximate surface area is 140 Å². The lowest BCUT2D eigenvalue weighted by molar-refractivity contribution is -0.385. The van der Waals surface area contributed by atoms with Crippen molar-refractivity contribution in [1.29, 1.82) is 0 Å². The second-order valence-corrected chi connectivity index (χ2v) is 6.67. The van der Waals surface area contributed by atoms with Gasteiger partial charge in [0, 0.05) is 18.7 Å². The number of nitro benzene ring substituents is 1. The van der Waals surface area contributed by atoms with Crippen molar-refractivity contribution in [2.75, 3.05) is 19.7 Å². The fourth-order valence-electron chi connectivity index (χ4n) is 1.60. The minimum Gasteiger partial charge on any atom is -0.488 e. The quantitative estimate of drug-likeness (QED) is 0.379. The molecule has 0 aromatic heterocycles. The first kappa shape index (κ1) is 18.3. The molecule has 21 heavy (non-hydrogen) atoms. The lowest BCUT2D eigenvalue weighted by atomic mass is 10.1. The number of halogens is 2. The van der Waals surface area contributed by atoms with Crippen LogP contribution in [-0.4, -0.2) is 35.3 Å². The number of hydrogen-bond acceptors (Lipinski definition) is 5. The SMILES string of the molecule is CCCNCC(C)(O)COc1c(Br)cc([N+](=O)[O-])cc1Br. The Balaban J connectivity index is 2.73. The van der Waals surface area contributed by atoms with Crippen LogP contribution in [0.5, 0.6) is 5.75 Å². The number of aliphatic hydroxyl groups is 1. The smallest absolute Gasteiger partial charge is 0.271 e. The van der Waals surface area contributed by atoms with E-state index in [4.69, 9.17) is 4.74 Å². The van der Waals surface area contributed by atoms with Gasteiger partial charge in [-0.25, -0.2) is 0 Å². The molecular weight excluding hydrogens is 408 g/mol. The van der Waals surface area contributed by atoms with Crippen LogP contribution in [0.4, 0.5) is 5.69 Å². The summed E-state index contributed by atoms with van der Waals surface area (Å²) in [6.45, 7) is 5.01. The molecule has 2 N–H and O–H groups in total. The fourth-order valence-corrected chi connectivity index (χ4v) is 2.99. The van der Waals surface area contributed by atoms with Crippen LogP contribution in [0.2, 0.25) is 0 Å². The molecule has 0 heterocycles. The minimum atomic E-state index is -1.03. The van der Waals surface area contributed by atoms with Crippen molar-refractivity contribution in [1.82, 2.24) is 5.32 Å². The lowest BCUT2D eigenvalue weighted by Crippen LogP contribution is -2.43. The molecule has 1 unspecified atom stereocenters. The third kappa shape index (κ3) is 5.90. The third-order valence-electron chi connectivity index (χ3n) is 2.65. The Hall–Kier alpha value is -0.700. The summed E-state index contributed by atoms with van der Waals surface area (Å²) in [6.07, 6.45) is 0.983. The van der Waals surface area contributed by atoms with Crippen LogP contribution in [0.25, 0.3) is 0 Å². The molecule has 0 aliphatic rings. The Morgan fingerprint density at radius 2 is 2.00 bits per heavy atom. The van der Waals surface area contributed by atoms with E-state index in [2.05, 4.69) is 37.2 Å². The number of nitrogens with one attached hydrogen (secondary N) is 1. The van der Waals surface area contributed by atoms with E-state index < -0.39 is 10.5 Å². The van der Waals surface area contributed by atoms with E-state index in [9.17, 15) is 15.2 Å². The molecule has 1 rings (SSSR count). The molecule has 0 radical (unpaired) electrons. The summed E-state index contributed by atoms with van der Waals surface area (Å²) in [4.78, 5) is 10.3. The number of benzene rings is 1. The maximum Gasteiger partial charge on any atom is 0.271 e. The zero-order valence-corrected chi connectivity index (χ0v) is 15.0. The van der Waals surface area contributed by atoms with Gasteiger partial charge in [-0.1, -0.05) is 6.92 Å². The Kier molecular flexibility index (Phi) is 7.05. The van der Waals surface area contributed by atoms with E-state index in [-0.39, 0.29) is 12.3 Å². The predicted octanol–water partition coefficient (Wildman–Crippen LogP) is 3.25. The molecular formula is C13H18Br2N2O4. The molecule has 8 heteroatoms. The normalized spacial score (nSPS) is 13.8. The van der Waals surface area contributed by atoms with Crippen molar-refractivity contribution in [3.05, 3.63) is 31.2 Å². The second kappa shape index (κ2) is 8.07. The van der Waals surface area contributed by atoms with E-state index in [1.807, 2.05) is 6.92 Å². The summed E-state index contributed by atoms with van der Waals surface area (Å²) in [5.74, 6) is 0.427. The standard InChI is InChI=1S/C13H18Br2N2O4/c1-3-4-16-7-13(2,18)8-21-12-10(14)5-9(17(19)20)6-11(12)15/h5-6,16,18H,3-4,7-8H2,1-2H3. The maximum absolute atomic E-state index is 10.8. The van der Waals surface area contributed by atoms with Gasteiger partial charge < -0.3 is 15.2 Å². The first-order chi connectivity index (χ1) is 9.76. The summed E-state index contributed by atoms with van der Waals surface area (Å²) in [5.41, 5.74) is -1.08. The first-order valence-corrected chi connectivity index (χ1v) is 8.05. The van der Waals surface area contributed by atoms with Gasteiger partial charge in [-0.2, -0.15) is 0 Å². The van der Waals surface area contributed by atoms with Crippen molar-refractivity contribution in [2.24, 2.45) is 0 Å². The highest BCUT2D eigenvalue weighted by Crippen LogP contribution is 2.37. The van der Waals surface area contributed by atoms with Gasteiger partial charge in [0.1, 0.15) is 18.0 Å². The van der Waals surface area contributed by atoms with Crippen molar-refractivity contribution in [3.63, 3.8) is 0 Å². The van der Waals surface area contributed by atoms with Crippen LogP contribution in [0.15, 0.2) is 21.1 Å². The molecule has 0 fully saturated rings. The summed E-state index contributed by atoms with van der Waals surface area (Å²) in [5, 5.41) is 24.1. The Bertz CT molecular complexity index is 486. The van der Waals surface area contributed by atoms with Crippen LogP contribution in [0.3, 0.4) is 0 Å². The second-order valence-electron chi connectivity index (χ2n) is 4.96.